The van der Waals surface area contributed by atoms with E-state index in [1.165, 1.54) is 19.3 Å². The maximum absolute atomic E-state index is 6.04. The van der Waals surface area contributed by atoms with Gasteiger partial charge >= 0.3 is 0 Å². The zero-order valence-corrected chi connectivity index (χ0v) is 11.5. The highest BCUT2D eigenvalue weighted by atomic mass is 16.5. The van der Waals surface area contributed by atoms with Crippen LogP contribution in [0.3, 0.4) is 0 Å². The topological polar surface area (TPSA) is 21.3 Å². The van der Waals surface area contributed by atoms with E-state index in [0.717, 1.165) is 25.5 Å². The molecule has 2 heteroatoms. The van der Waals surface area contributed by atoms with Gasteiger partial charge in [-0.05, 0) is 44.1 Å². The molecule has 4 unspecified atom stereocenters. The first-order valence-electron chi connectivity index (χ1n) is 7.04. The van der Waals surface area contributed by atoms with Crippen LogP contribution in [0.1, 0.15) is 53.4 Å². The van der Waals surface area contributed by atoms with Gasteiger partial charge in [-0.25, -0.2) is 0 Å². The van der Waals surface area contributed by atoms with E-state index in [2.05, 4.69) is 33.0 Å². The summed E-state index contributed by atoms with van der Waals surface area (Å²) in [5.41, 5.74) is 0. The second-order valence-electron chi connectivity index (χ2n) is 5.45. The first-order chi connectivity index (χ1) is 7.69. The van der Waals surface area contributed by atoms with Crippen molar-refractivity contribution in [3.8, 4) is 0 Å². The second-order valence-corrected chi connectivity index (χ2v) is 5.45. The molecule has 0 amide bonds. The molecule has 0 aromatic carbocycles. The van der Waals surface area contributed by atoms with Gasteiger partial charge in [0.25, 0.3) is 0 Å². The van der Waals surface area contributed by atoms with Crippen molar-refractivity contribution in [3.63, 3.8) is 0 Å². The Hall–Kier alpha value is -0.0800. The molecule has 4 atom stereocenters. The third-order valence-electron chi connectivity index (χ3n) is 3.56. The number of hydrogen-bond acceptors (Lipinski definition) is 2. The summed E-state index contributed by atoms with van der Waals surface area (Å²) in [5, 5.41) is 3.67. The van der Waals surface area contributed by atoms with Gasteiger partial charge in [0.2, 0.25) is 0 Å². The van der Waals surface area contributed by atoms with Crippen LogP contribution in [0.2, 0.25) is 0 Å². The third-order valence-corrected chi connectivity index (χ3v) is 3.56. The Morgan fingerprint density at radius 1 is 1.12 bits per heavy atom. The summed E-state index contributed by atoms with van der Waals surface area (Å²) < 4.78 is 6.04. The highest BCUT2D eigenvalue weighted by Gasteiger charge is 2.33. The molecule has 1 aliphatic carbocycles. The largest absolute Gasteiger partial charge is 0.376 e. The fourth-order valence-electron chi connectivity index (χ4n) is 2.89. The molecule has 2 nitrogen and oxygen atoms in total. The molecule has 16 heavy (non-hydrogen) atoms. The molecular formula is C14H29NO. The molecule has 1 N–H and O–H groups in total. The fourth-order valence-corrected chi connectivity index (χ4v) is 2.89. The maximum atomic E-state index is 6.04. The average molecular weight is 227 g/mol. The van der Waals surface area contributed by atoms with Gasteiger partial charge in [-0.2, -0.15) is 0 Å². The summed E-state index contributed by atoms with van der Waals surface area (Å²) in [6.07, 6.45) is 5.36. The van der Waals surface area contributed by atoms with E-state index in [4.69, 9.17) is 4.74 Å². The Bertz CT molecular complexity index is 184. The fraction of sp³-hybridized carbons (Fsp3) is 1.00. The predicted octanol–water partition coefficient (Wildman–Crippen LogP) is 3.22. The highest BCUT2D eigenvalue weighted by molar-refractivity contribution is 4.88. The van der Waals surface area contributed by atoms with Gasteiger partial charge < -0.3 is 10.1 Å². The molecule has 1 fully saturated rings. The van der Waals surface area contributed by atoms with Crippen molar-refractivity contribution in [1.29, 1.82) is 0 Å². The van der Waals surface area contributed by atoms with Crippen LogP contribution < -0.4 is 5.32 Å². The van der Waals surface area contributed by atoms with Crippen molar-refractivity contribution in [2.45, 2.75) is 65.5 Å². The molecule has 96 valence electrons. The number of rotatable bonds is 6. The standard InChI is InChI=1S/C14H29NO/c1-5-7-15-13-10-11(3)9-12(4)14(13)16-8-6-2/h11-15H,5-10H2,1-4H3. The summed E-state index contributed by atoms with van der Waals surface area (Å²) >= 11 is 0. The molecule has 0 bridgehead atoms. The SMILES string of the molecule is CCCNC1CC(C)CC(C)C1OCCC. The zero-order chi connectivity index (χ0) is 12.0. The van der Waals surface area contributed by atoms with Gasteiger partial charge in [0, 0.05) is 12.6 Å². The first kappa shape index (κ1) is 14.0. The van der Waals surface area contributed by atoms with E-state index in [1.54, 1.807) is 0 Å². The molecule has 1 saturated carbocycles. The van der Waals surface area contributed by atoms with Crippen LogP contribution in [0, 0.1) is 11.8 Å². The number of hydrogen-bond donors (Lipinski definition) is 1. The number of ether oxygens (including phenoxy) is 1. The van der Waals surface area contributed by atoms with E-state index in [9.17, 15) is 0 Å². The van der Waals surface area contributed by atoms with Crippen LogP contribution in [0.4, 0.5) is 0 Å². The lowest BCUT2D eigenvalue weighted by atomic mass is 9.78. The van der Waals surface area contributed by atoms with Crippen LogP contribution in [0.25, 0.3) is 0 Å². The van der Waals surface area contributed by atoms with Crippen molar-refractivity contribution in [2.24, 2.45) is 11.8 Å². The average Bonchev–Trinajstić information content (AvgIpc) is 2.24. The monoisotopic (exact) mass is 227 g/mol. The lowest BCUT2D eigenvalue weighted by molar-refractivity contribution is -0.0373. The van der Waals surface area contributed by atoms with Crippen molar-refractivity contribution in [1.82, 2.24) is 5.32 Å². The Morgan fingerprint density at radius 2 is 1.88 bits per heavy atom. The van der Waals surface area contributed by atoms with E-state index in [-0.39, 0.29) is 0 Å². The summed E-state index contributed by atoms with van der Waals surface area (Å²) in [6, 6.07) is 0.574. The predicted molar refractivity (Wildman–Crippen MR) is 69.7 cm³/mol. The van der Waals surface area contributed by atoms with Crippen LogP contribution >= 0.6 is 0 Å². The smallest absolute Gasteiger partial charge is 0.0753 e. The van der Waals surface area contributed by atoms with Crippen LogP contribution in [-0.2, 0) is 4.74 Å². The molecular weight excluding hydrogens is 198 g/mol. The van der Waals surface area contributed by atoms with Gasteiger partial charge in [-0.15, -0.1) is 0 Å². The lowest BCUT2D eigenvalue weighted by Gasteiger charge is -2.40. The molecule has 1 rings (SSSR count). The summed E-state index contributed by atoms with van der Waals surface area (Å²) in [6.45, 7) is 11.2. The van der Waals surface area contributed by atoms with Crippen LogP contribution in [0.15, 0.2) is 0 Å². The molecule has 1 aliphatic rings. The van der Waals surface area contributed by atoms with Gasteiger partial charge in [0.05, 0.1) is 6.10 Å². The highest BCUT2D eigenvalue weighted by Crippen LogP contribution is 2.31. The third kappa shape index (κ3) is 4.06. The Kier molecular flexibility index (Phi) is 6.37. The first-order valence-corrected chi connectivity index (χ1v) is 7.04. The van der Waals surface area contributed by atoms with E-state index in [1.807, 2.05) is 0 Å². The van der Waals surface area contributed by atoms with Crippen molar-refractivity contribution in [3.05, 3.63) is 0 Å². The van der Waals surface area contributed by atoms with E-state index >= 15 is 0 Å². The summed E-state index contributed by atoms with van der Waals surface area (Å²) in [4.78, 5) is 0. The van der Waals surface area contributed by atoms with Gasteiger partial charge in [0.15, 0.2) is 0 Å². The molecule has 0 spiro atoms. The van der Waals surface area contributed by atoms with E-state index < -0.39 is 0 Å². The molecule has 0 radical (unpaired) electrons. The van der Waals surface area contributed by atoms with Crippen molar-refractivity contribution < 1.29 is 4.74 Å². The van der Waals surface area contributed by atoms with Crippen LogP contribution in [0.5, 0.6) is 0 Å². The zero-order valence-electron chi connectivity index (χ0n) is 11.5. The normalized spacial score (nSPS) is 35.2. The van der Waals surface area contributed by atoms with Crippen molar-refractivity contribution >= 4 is 0 Å². The van der Waals surface area contributed by atoms with Gasteiger partial charge in [-0.1, -0.05) is 27.7 Å². The molecule has 0 aromatic rings. The maximum Gasteiger partial charge on any atom is 0.0753 e. The number of nitrogens with one attached hydrogen (secondary N) is 1. The Balaban J connectivity index is 2.50. The minimum Gasteiger partial charge on any atom is -0.376 e. The molecule has 0 heterocycles. The Labute approximate surface area is 101 Å². The van der Waals surface area contributed by atoms with E-state index in [0.29, 0.717) is 18.1 Å². The quantitative estimate of drug-likeness (QED) is 0.752. The minimum atomic E-state index is 0.433. The molecule has 0 saturated heterocycles. The summed E-state index contributed by atoms with van der Waals surface area (Å²) in [7, 11) is 0. The molecule has 0 aliphatic heterocycles. The minimum absolute atomic E-state index is 0.433. The Morgan fingerprint density at radius 3 is 2.50 bits per heavy atom. The molecule has 0 aromatic heterocycles. The van der Waals surface area contributed by atoms with Gasteiger partial charge in [0.1, 0.15) is 0 Å². The van der Waals surface area contributed by atoms with Crippen LogP contribution in [-0.4, -0.2) is 25.3 Å². The second kappa shape index (κ2) is 7.29. The summed E-state index contributed by atoms with van der Waals surface area (Å²) in [5.74, 6) is 1.54. The van der Waals surface area contributed by atoms with Gasteiger partial charge in [-0.3, -0.25) is 0 Å². The lowest BCUT2D eigenvalue weighted by Crippen LogP contribution is -2.49. The van der Waals surface area contributed by atoms with Crippen molar-refractivity contribution in [2.75, 3.05) is 13.2 Å².